The van der Waals surface area contributed by atoms with E-state index in [0.717, 1.165) is 29.1 Å². The topological polar surface area (TPSA) is 46.8 Å². The Hall–Kier alpha value is -1.65. The lowest BCUT2D eigenvalue weighted by molar-refractivity contribution is 0.481. The lowest BCUT2D eigenvalue weighted by Crippen LogP contribution is -2.38. The number of anilines is 1. The Morgan fingerprint density at radius 3 is 2.89 bits per heavy atom. The van der Waals surface area contributed by atoms with Crippen molar-refractivity contribution in [1.29, 1.82) is 0 Å². The van der Waals surface area contributed by atoms with Gasteiger partial charge >= 0.3 is 0 Å². The van der Waals surface area contributed by atoms with Crippen molar-refractivity contribution in [1.82, 2.24) is 19.7 Å². The van der Waals surface area contributed by atoms with E-state index in [4.69, 9.17) is 0 Å². The van der Waals surface area contributed by atoms with Crippen molar-refractivity contribution in [3.05, 3.63) is 12.0 Å². The summed E-state index contributed by atoms with van der Waals surface area (Å²) in [7, 11) is 1.97. The number of hydrogen-bond acceptors (Lipinski definition) is 4. The van der Waals surface area contributed by atoms with Gasteiger partial charge < -0.3 is 4.90 Å². The molecule has 5 nitrogen and oxygen atoms in total. The summed E-state index contributed by atoms with van der Waals surface area (Å²) in [5.74, 6) is 1.04. The maximum atomic E-state index is 4.51. The molecule has 0 unspecified atom stereocenters. The number of hydrogen-bond donors (Lipinski definition) is 0. The fourth-order valence-corrected chi connectivity index (χ4v) is 2.88. The van der Waals surface area contributed by atoms with Crippen molar-refractivity contribution in [3.63, 3.8) is 0 Å². The van der Waals surface area contributed by atoms with Crippen LogP contribution in [-0.2, 0) is 7.05 Å². The van der Waals surface area contributed by atoms with Gasteiger partial charge in [0.05, 0.1) is 5.69 Å². The normalized spacial score (nSPS) is 20.6. The molecule has 0 spiro atoms. The maximum absolute atomic E-state index is 4.51. The predicted octanol–water partition coefficient (Wildman–Crippen LogP) is 2.05. The van der Waals surface area contributed by atoms with Crippen LogP contribution in [0.3, 0.4) is 0 Å². The van der Waals surface area contributed by atoms with Crippen LogP contribution in [0.1, 0.15) is 31.9 Å². The Labute approximate surface area is 107 Å². The van der Waals surface area contributed by atoms with Crippen LogP contribution in [0.5, 0.6) is 0 Å². The van der Waals surface area contributed by atoms with Crippen LogP contribution < -0.4 is 4.90 Å². The van der Waals surface area contributed by atoms with Crippen molar-refractivity contribution < 1.29 is 0 Å². The van der Waals surface area contributed by atoms with E-state index in [-0.39, 0.29) is 0 Å². The number of aromatic nitrogens is 4. The third-order valence-corrected chi connectivity index (χ3v) is 3.84. The molecular formula is C13H19N5. The zero-order valence-corrected chi connectivity index (χ0v) is 11.2. The Morgan fingerprint density at radius 2 is 2.11 bits per heavy atom. The van der Waals surface area contributed by atoms with Crippen molar-refractivity contribution >= 4 is 16.9 Å². The van der Waals surface area contributed by atoms with Gasteiger partial charge in [-0.3, -0.25) is 4.68 Å². The zero-order valence-electron chi connectivity index (χ0n) is 11.2. The standard InChI is InChI=1S/C13H19N5/c1-9-6-4-5-7-18(9)13-12-11(14-8-15-13)10(2)16-17(12)3/h8-9H,4-7H2,1-3H3/t9-/m0/s1. The number of nitrogens with zero attached hydrogens (tertiary/aromatic N) is 5. The molecule has 1 saturated heterocycles. The molecule has 3 heterocycles. The van der Waals surface area contributed by atoms with Gasteiger partial charge in [0.1, 0.15) is 17.4 Å². The third kappa shape index (κ3) is 1.65. The van der Waals surface area contributed by atoms with Gasteiger partial charge in [0.2, 0.25) is 0 Å². The van der Waals surface area contributed by atoms with Crippen LogP contribution in [-0.4, -0.2) is 32.3 Å². The van der Waals surface area contributed by atoms with Gasteiger partial charge in [0, 0.05) is 19.6 Å². The van der Waals surface area contributed by atoms with E-state index in [9.17, 15) is 0 Å². The lowest BCUT2D eigenvalue weighted by atomic mass is 10.0. The van der Waals surface area contributed by atoms with Crippen LogP contribution in [0.15, 0.2) is 6.33 Å². The second kappa shape index (κ2) is 4.23. The molecule has 0 bridgehead atoms. The molecule has 0 aromatic carbocycles. The van der Waals surface area contributed by atoms with Crippen LogP contribution in [0.2, 0.25) is 0 Å². The third-order valence-electron chi connectivity index (χ3n) is 3.84. The smallest absolute Gasteiger partial charge is 0.158 e. The first-order valence-electron chi connectivity index (χ1n) is 6.59. The van der Waals surface area contributed by atoms with E-state index in [1.807, 2.05) is 18.7 Å². The second-order valence-corrected chi connectivity index (χ2v) is 5.14. The van der Waals surface area contributed by atoms with Gasteiger partial charge in [0.25, 0.3) is 0 Å². The monoisotopic (exact) mass is 245 g/mol. The van der Waals surface area contributed by atoms with Crippen LogP contribution in [0, 0.1) is 6.92 Å². The predicted molar refractivity (Wildman–Crippen MR) is 71.7 cm³/mol. The van der Waals surface area contributed by atoms with Crippen molar-refractivity contribution in [2.75, 3.05) is 11.4 Å². The van der Waals surface area contributed by atoms with Crippen molar-refractivity contribution in [3.8, 4) is 0 Å². The highest BCUT2D eigenvalue weighted by Crippen LogP contribution is 2.29. The molecule has 0 aliphatic carbocycles. The van der Waals surface area contributed by atoms with Gasteiger partial charge in [-0.05, 0) is 33.1 Å². The highest BCUT2D eigenvalue weighted by Gasteiger charge is 2.23. The summed E-state index contributed by atoms with van der Waals surface area (Å²) in [5, 5.41) is 4.46. The zero-order chi connectivity index (χ0) is 12.7. The van der Waals surface area contributed by atoms with Crippen molar-refractivity contribution in [2.45, 2.75) is 39.2 Å². The minimum absolute atomic E-state index is 0.548. The summed E-state index contributed by atoms with van der Waals surface area (Å²) >= 11 is 0. The number of piperidine rings is 1. The fraction of sp³-hybridized carbons (Fsp3) is 0.615. The molecule has 2 aromatic rings. The van der Waals surface area contributed by atoms with E-state index in [1.165, 1.54) is 19.3 Å². The van der Waals surface area contributed by atoms with Gasteiger partial charge in [0.15, 0.2) is 5.82 Å². The molecule has 96 valence electrons. The molecule has 0 N–H and O–H groups in total. The number of rotatable bonds is 1. The molecular weight excluding hydrogens is 226 g/mol. The summed E-state index contributed by atoms with van der Waals surface area (Å²) in [5.41, 5.74) is 3.00. The summed E-state index contributed by atoms with van der Waals surface area (Å²) in [6, 6.07) is 0.548. The summed E-state index contributed by atoms with van der Waals surface area (Å²) in [6.07, 6.45) is 5.46. The van der Waals surface area contributed by atoms with Crippen molar-refractivity contribution in [2.24, 2.45) is 7.05 Å². The first-order valence-corrected chi connectivity index (χ1v) is 6.59. The number of fused-ring (bicyclic) bond motifs is 1. The minimum atomic E-state index is 0.548. The quantitative estimate of drug-likeness (QED) is 0.771. The Balaban J connectivity index is 2.16. The van der Waals surface area contributed by atoms with Gasteiger partial charge in [-0.2, -0.15) is 5.10 Å². The summed E-state index contributed by atoms with van der Waals surface area (Å²) in [6.45, 7) is 5.35. The Bertz CT molecular complexity index is 574. The lowest BCUT2D eigenvalue weighted by Gasteiger charge is -2.34. The summed E-state index contributed by atoms with van der Waals surface area (Å²) < 4.78 is 1.90. The average molecular weight is 245 g/mol. The molecule has 1 atom stereocenters. The van der Waals surface area contributed by atoms with E-state index < -0.39 is 0 Å². The molecule has 0 radical (unpaired) electrons. The molecule has 5 heteroatoms. The van der Waals surface area contributed by atoms with E-state index in [2.05, 4.69) is 26.9 Å². The molecule has 0 saturated carbocycles. The van der Waals surface area contributed by atoms with Gasteiger partial charge in [-0.1, -0.05) is 0 Å². The molecule has 2 aromatic heterocycles. The maximum Gasteiger partial charge on any atom is 0.158 e. The van der Waals surface area contributed by atoms with Gasteiger partial charge in [-0.15, -0.1) is 0 Å². The van der Waals surface area contributed by atoms with E-state index in [1.54, 1.807) is 6.33 Å². The van der Waals surface area contributed by atoms with E-state index >= 15 is 0 Å². The van der Waals surface area contributed by atoms with Crippen LogP contribution in [0.25, 0.3) is 11.0 Å². The molecule has 18 heavy (non-hydrogen) atoms. The molecule has 1 fully saturated rings. The van der Waals surface area contributed by atoms with Crippen LogP contribution in [0.4, 0.5) is 5.82 Å². The highest BCUT2D eigenvalue weighted by molar-refractivity contribution is 5.87. The first-order chi connectivity index (χ1) is 8.68. The van der Waals surface area contributed by atoms with E-state index in [0.29, 0.717) is 6.04 Å². The largest absolute Gasteiger partial charge is 0.352 e. The summed E-state index contributed by atoms with van der Waals surface area (Å²) in [4.78, 5) is 11.3. The highest BCUT2D eigenvalue weighted by atomic mass is 15.3. The Morgan fingerprint density at radius 1 is 1.28 bits per heavy atom. The average Bonchev–Trinajstić information content (AvgIpc) is 2.66. The first kappa shape index (κ1) is 11.4. The Kier molecular flexibility index (Phi) is 2.69. The van der Waals surface area contributed by atoms with Gasteiger partial charge in [-0.25, -0.2) is 9.97 Å². The second-order valence-electron chi connectivity index (χ2n) is 5.14. The molecule has 3 rings (SSSR count). The molecule has 1 aliphatic heterocycles. The fourth-order valence-electron chi connectivity index (χ4n) is 2.88. The minimum Gasteiger partial charge on any atom is -0.352 e. The molecule has 1 aliphatic rings. The number of aryl methyl sites for hydroxylation is 2. The SMILES string of the molecule is Cc1nn(C)c2c(N3CCCC[C@@H]3C)ncnc12. The molecule has 0 amide bonds. The van der Waals surface area contributed by atoms with Crippen LogP contribution >= 0.6 is 0 Å².